The van der Waals surface area contributed by atoms with E-state index >= 15 is 0 Å². The summed E-state index contributed by atoms with van der Waals surface area (Å²) in [5.41, 5.74) is 1.12. The molecule has 1 aliphatic heterocycles. The van der Waals surface area contributed by atoms with Crippen molar-refractivity contribution in [2.24, 2.45) is 5.92 Å². The predicted octanol–water partition coefficient (Wildman–Crippen LogP) is 4.40. The number of fused-ring (bicyclic) bond motifs is 1. The lowest BCUT2D eigenvalue weighted by molar-refractivity contribution is -0.133. The van der Waals surface area contributed by atoms with Crippen LogP contribution < -0.4 is 5.56 Å². The Labute approximate surface area is 198 Å². The maximum Gasteiger partial charge on any atom is 0.268 e. The molecule has 4 heterocycles. The number of likely N-dealkylation sites (tertiary alicyclic amines) is 1. The van der Waals surface area contributed by atoms with E-state index in [4.69, 9.17) is 16.1 Å². The lowest BCUT2D eigenvalue weighted by atomic mass is 10.0. The van der Waals surface area contributed by atoms with Gasteiger partial charge in [0.25, 0.3) is 11.4 Å². The molecular formula is C23H22ClN5O3S. The van der Waals surface area contributed by atoms with E-state index in [0.29, 0.717) is 48.9 Å². The highest BCUT2D eigenvalue weighted by Gasteiger charge is 2.24. The van der Waals surface area contributed by atoms with E-state index < -0.39 is 0 Å². The van der Waals surface area contributed by atoms with Gasteiger partial charge in [-0.25, -0.2) is 4.98 Å². The van der Waals surface area contributed by atoms with Crippen LogP contribution in [0.2, 0.25) is 5.02 Å². The van der Waals surface area contributed by atoms with Gasteiger partial charge in [0, 0.05) is 18.7 Å². The van der Waals surface area contributed by atoms with Crippen LogP contribution in [0.15, 0.2) is 39.9 Å². The van der Waals surface area contributed by atoms with Gasteiger partial charge in [-0.05, 0) is 43.4 Å². The van der Waals surface area contributed by atoms with Crippen LogP contribution in [0.1, 0.15) is 25.3 Å². The largest absolute Gasteiger partial charge is 0.341 e. The number of aryl methyl sites for hydroxylation is 1. The lowest BCUT2D eigenvalue weighted by Crippen LogP contribution is -2.42. The van der Waals surface area contributed by atoms with Gasteiger partial charge in [-0.3, -0.25) is 14.2 Å². The van der Waals surface area contributed by atoms with Crippen LogP contribution in [0.25, 0.3) is 32.4 Å². The molecule has 4 aromatic rings. The number of aromatic nitrogens is 4. The molecule has 33 heavy (non-hydrogen) atoms. The van der Waals surface area contributed by atoms with E-state index in [1.165, 1.54) is 22.2 Å². The van der Waals surface area contributed by atoms with Crippen molar-refractivity contribution in [2.75, 3.05) is 13.1 Å². The van der Waals surface area contributed by atoms with Gasteiger partial charge >= 0.3 is 0 Å². The molecule has 1 unspecified atom stereocenters. The third-order valence-corrected chi connectivity index (χ3v) is 7.49. The Balaban J connectivity index is 1.47. The topological polar surface area (TPSA) is 94.1 Å². The number of amides is 1. The molecule has 1 aliphatic rings. The Morgan fingerprint density at radius 2 is 2.15 bits per heavy atom. The highest BCUT2D eigenvalue weighted by molar-refractivity contribution is 7.22. The number of benzene rings is 1. The summed E-state index contributed by atoms with van der Waals surface area (Å²) in [6.45, 7) is 5.42. The second-order valence-electron chi connectivity index (χ2n) is 8.40. The maximum absolute atomic E-state index is 13.2. The van der Waals surface area contributed by atoms with Gasteiger partial charge in [-0.2, -0.15) is 4.98 Å². The van der Waals surface area contributed by atoms with Crippen LogP contribution in [-0.2, 0) is 11.3 Å². The van der Waals surface area contributed by atoms with Crippen molar-refractivity contribution in [1.82, 2.24) is 24.6 Å². The number of hydrogen-bond acceptors (Lipinski definition) is 7. The fourth-order valence-corrected chi connectivity index (χ4v) is 5.49. The number of nitrogens with zero attached hydrogens (tertiary/aromatic N) is 5. The van der Waals surface area contributed by atoms with E-state index in [0.717, 1.165) is 25.9 Å². The summed E-state index contributed by atoms with van der Waals surface area (Å²) in [5, 5.41) is 5.05. The van der Waals surface area contributed by atoms with Crippen LogP contribution in [0.3, 0.4) is 0 Å². The van der Waals surface area contributed by atoms with Gasteiger partial charge in [0.15, 0.2) is 0 Å². The highest BCUT2D eigenvalue weighted by atomic mass is 35.5. The standard InChI is InChI=1S/C23H22ClN5O3S/c1-13-6-5-9-28(10-13)17(30)11-29-12-25-22-18(23(29)31)14(2)19(33-22)21-26-20(27-32-21)15-7-3-4-8-16(15)24/h3-4,7-8,12-13H,5-6,9-11H2,1-2H3. The van der Waals surface area contributed by atoms with Gasteiger partial charge < -0.3 is 9.42 Å². The minimum atomic E-state index is -0.246. The first-order valence-corrected chi connectivity index (χ1v) is 12.0. The van der Waals surface area contributed by atoms with E-state index in [-0.39, 0.29) is 18.0 Å². The van der Waals surface area contributed by atoms with Crippen molar-refractivity contribution < 1.29 is 9.32 Å². The molecule has 1 amide bonds. The third kappa shape index (κ3) is 4.06. The first kappa shape index (κ1) is 21.8. The van der Waals surface area contributed by atoms with Crippen molar-refractivity contribution in [3.05, 3.63) is 51.5 Å². The minimum Gasteiger partial charge on any atom is -0.341 e. The number of carbonyl (C=O) groups is 1. The zero-order valence-corrected chi connectivity index (χ0v) is 19.8. The number of thiophene rings is 1. The first-order chi connectivity index (χ1) is 15.9. The molecule has 0 saturated carbocycles. The van der Waals surface area contributed by atoms with Gasteiger partial charge in [-0.15, -0.1) is 11.3 Å². The molecule has 170 valence electrons. The molecule has 3 aromatic heterocycles. The normalized spacial score (nSPS) is 16.5. The summed E-state index contributed by atoms with van der Waals surface area (Å²) in [6, 6.07) is 7.25. The van der Waals surface area contributed by atoms with Crippen LogP contribution in [0.5, 0.6) is 0 Å². The fraction of sp³-hybridized carbons (Fsp3) is 0.348. The molecule has 0 bridgehead atoms. The van der Waals surface area contributed by atoms with Gasteiger partial charge in [-0.1, -0.05) is 35.8 Å². The molecule has 5 rings (SSSR count). The van der Waals surface area contributed by atoms with Gasteiger partial charge in [0.05, 0.1) is 21.6 Å². The molecule has 1 aromatic carbocycles. The Hall–Kier alpha value is -3.04. The SMILES string of the molecule is Cc1c(-c2nc(-c3ccccc3Cl)no2)sc2ncn(CC(=O)N3CCCC(C)C3)c(=O)c12. The summed E-state index contributed by atoms with van der Waals surface area (Å²) in [7, 11) is 0. The molecule has 0 N–H and O–H groups in total. The Morgan fingerprint density at radius 3 is 2.94 bits per heavy atom. The van der Waals surface area contributed by atoms with Crippen molar-refractivity contribution in [3.8, 4) is 22.2 Å². The molecule has 0 aliphatic carbocycles. The predicted molar refractivity (Wildman–Crippen MR) is 127 cm³/mol. The summed E-state index contributed by atoms with van der Waals surface area (Å²) in [4.78, 5) is 38.0. The highest BCUT2D eigenvalue weighted by Crippen LogP contribution is 2.36. The number of carbonyl (C=O) groups excluding carboxylic acids is 1. The van der Waals surface area contributed by atoms with Gasteiger partial charge in [0.2, 0.25) is 11.7 Å². The van der Waals surface area contributed by atoms with Crippen LogP contribution in [0.4, 0.5) is 0 Å². The zero-order valence-electron chi connectivity index (χ0n) is 18.2. The number of piperidine rings is 1. The van der Waals surface area contributed by atoms with E-state index in [1.54, 1.807) is 6.07 Å². The third-order valence-electron chi connectivity index (χ3n) is 5.97. The molecule has 1 atom stereocenters. The summed E-state index contributed by atoms with van der Waals surface area (Å²) in [6.07, 6.45) is 3.56. The monoisotopic (exact) mass is 483 g/mol. The van der Waals surface area contributed by atoms with Crippen molar-refractivity contribution in [2.45, 2.75) is 33.2 Å². The molecule has 1 saturated heterocycles. The van der Waals surface area contributed by atoms with Crippen molar-refractivity contribution in [3.63, 3.8) is 0 Å². The first-order valence-electron chi connectivity index (χ1n) is 10.8. The summed E-state index contributed by atoms with van der Waals surface area (Å²) < 4.78 is 6.87. The summed E-state index contributed by atoms with van der Waals surface area (Å²) >= 11 is 7.56. The Kier molecular flexibility index (Phi) is 5.76. The molecule has 1 fully saturated rings. The Morgan fingerprint density at radius 1 is 1.33 bits per heavy atom. The second kappa shape index (κ2) is 8.72. The minimum absolute atomic E-state index is 0.0175. The molecule has 0 radical (unpaired) electrons. The zero-order chi connectivity index (χ0) is 23.1. The van der Waals surface area contributed by atoms with Crippen LogP contribution in [-0.4, -0.2) is 43.6 Å². The van der Waals surface area contributed by atoms with E-state index in [9.17, 15) is 9.59 Å². The van der Waals surface area contributed by atoms with Gasteiger partial charge in [0.1, 0.15) is 11.4 Å². The molecule has 0 spiro atoms. The molecule has 8 nitrogen and oxygen atoms in total. The summed E-state index contributed by atoms with van der Waals surface area (Å²) in [5.74, 6) is 1.10. The molecular weight excluding hydrogens is 462 g/mol. The lowest BCUT2D eigenvalue weighted by Gasteiger charge is -2.31. The molecule has 10 heteroatoms. The quantitative estimate of drug-likeness (QED) is 0.427. The number of hydrogen-bond donors (Lipinski definition) is 0. The van der Waals surface area contributed by atoms with Crippen molar-refractivity contribution in [1.29, 1.82) is 0 Å². The van der Waals surface area contributed by atoms with E-state index in [2.05, 4.69) is 22.0 Å². The number of halogens is 1. The fourth-order valence-electron chi connectivity index (χ4n) is 4.21. The van der Waals surface area contributed by atoms with Crippen LogP contribution in [0, 0.1) is 12.8 Å². The van der Waals surface area contributed by atoms with Crippen LogP contribution >= 0.6 is 22.9 Å². The van der Waals surface area contributed by atoms with E-state index in [1.807, 2.05) is 30.0 Å². The second-order valence-corrected chi connectivity index (χ2v) is 9.81. The Bertz CT molecular complexity index is 1410. The number of rotatable bonds is 4. The average molecular weight is 484 g/mol. The smallest absolute Gasteiger partial charge is 0.268 e. The van der Waals surface area contributed by atoms with Crippen molar-refractivity contribution >= 4 is 39.1 Å². The maximum atomic E-state index is 13.2. The average Bonchev–Trinajstić information content (AvgIpc) is 3.41.